The van der Waals surface area contributed by atoms with Crippen LogP contribution in [0.25, 0.3) is 0 Å². The van der Waals surface area contributed by atoms with Crippen molar-refractivity contribution in [3.05, 3.63) is 17.7 Å². The zero-order valence-corrected chi connectivity index (χ0v) is 12.3. The number of carbonyl (C=O) groups is 1. The lowest BCUT2D eigenvalue weighted by Gasteiger charge is -2.30. The largest absolute Gasteiger partial charge is 0.391 e. The van der Waals surface area contributed by atoms with Gasteiger partial charge in [-0.2, -0.15) is 0 Å². The molecule has 2 rings (SSSR count). The summed E-state index contributed by atoms with van der Waals surface area (Å²) in [6.07, 6.45) is 2.79. The normalized spacial score (nSPS) is 19.2. The second-order valence-corrected chi connectivity index (χ2v) is 5.44. The van der Waals surface area contributed by atoms with E-state index in [0.717, 1.165) is 12.8 Å². The van der Waals surface area contributed by atoms with E-state index in [0.29, 0.717) is 30.3 Å². The van der Waals surface area contributed by atoms with Gasteiger partial charge in [-0.1, -0.05) is 13.8 Å². The number of rotatable bonds is 3. The average molecular weight is 278 g/mol. The van der Waals surface area contributed by atoms with Crippen LogP contribution in [-0.4, -0.2) is 52.1 Å². The minimum absolute atomic E-state index is 0.141. The van der Waals surface area contributed by atoms with Crippen LogP contribution in [0.15, 0.2) is 6.20 Å². The molecule has 0 aliphatic carbocycles. The van der Waals surface area contributed by atoms with E-state index < -0.39 is 6.10 Å². The molecule has 1 saturated heterocycles. The van der Waals surface area contributed by atoms with E-state index in [4.69, 9.17) is 0 Å². The lowest BCUT2D eigenvalue weighted by Crippen LogP contribution is -2.42. The molecule has 1 atom stereocenters. The fourth-order valence-corrected chi connectivity index (χ4v) is 2.31. The highest BCUT2D eigenvalue weighted by molar-refractivity contribution is 5.97. The topological polar surface area (TPSA) is 78.4 Å². The van der Waals surface area contributed by atoms with Gasteiger partial charge in [-0.15, -0.1) is 0 Å². The SMILES string of the molecule is CNc1cnc(C(C)C)nc1C(=O)N1CCCC(O)C1. The summed E-state index contributed by atoms with van der Waals surface area (Å²) in [5.41, 5.74) is 1.01. The number of anilines is 1. The quantitative estimate of drug-likeness (QED) is 0.869. The molecule has 1 amide bonds. The third kappa shape index (κ3) is 3.07. The Balaban J connectivity index is 2.29. The zero-order chi connectivity index (χ0) is 14.7. The van der Waals surface area contributed by atoms with E-state index in [1.165, 1.54) is 0 Å². The molecule has 6 heteroatoms. The van der Waals surface area contributed by atoms with Gasteiger partial charge in [-0.05, 0) is 12.8 Å². The van der Waals surface area contributed by atoms with Crippen LogP contribution in [0.4, 0.5) is 5.69 Å². The van der Waals surface area contributed by atoms with Crippen LogP contribution >= 0.6 is 0 Å². The van der Waals surface area contributed by atoms with E-state index in [1.54, 1.807) is 18.1 Å². The van der Waals surface area contributed by atoms with Crippen molar-refractivity contribution in [1.29, 1.82) is 0 Å². The predicted molar refractivity (Wildman–Crippen MR) is 76.8 cm³/mol. The highest BCUT2D eigenvalue weighted by Crippen LogP contribution is 2.20. The second kappa shape index (κ2) is 6.17. The van der Waals surface area contributed by atoms with Crippen molar-refractivity contribution in [1.82, 2.24) is 14.9 Å². The molecule has 2 heterocycles. The van der Waals surface area contributed by atoms with Gasteiger partial charge in [0.15, 0.2) is 5.69 Å². The monoisotopic (exact) mass is 278 g/mol. The van der Waals surface area contributed by atoms with Gasteiger partial charge >= 0.3 is 0 Å². The number of carbonyl (C=O) groups excluding carboxylic acids is 1. The minimum Gasteiger partial charge on any atom is -0.391 e. The fraction of sp³-hybridized carbons (Fsp3) is 0.643. The Morgan fingerprint density at radius 2 is 2.30 bits per heavy atom. The van der Waals surface area contributed by atoms with Crippen molar-refractivity contribution in [2.75, 3.05) is 25.5 Å². The average Bonchev–Trinajstić information content (AvgIpc) is 2.45. The highest BCUT2D eigenvalue weighted by Gasteiger charge is 2.26. The molecule has 20 heavy (non-hydrogen) atoms. The Morgan fingerprint density at radius 1 is 1.55 bits per heavy atom. The maximum Gasteiger partial charge on any atom is 0.274 e. The summed E-state index contributed by atoms with van der Waals surface area (Å²) < 4.78 is 0. The van der Waals surface area contributed by atoms with E-state index in [2.05, 4.69) is 15.3 Å². The summed E-state index contributed by atoms with van der Waals surface area (Å²) in [4.78, 5) is 22.9. The van der Waals surface area contributed by atoms with Gasteiger partial charge in [0.05, 0.1) is 18.0 Å². The molecule has 1 unspecified atom stereocenters. The number of amides is 1. The van der Waals surface area contributed by atoms with Crippen LogP contribution in [0, 0.1) is 0 Å². The molecule has 1 fully saturated rings. The number of aliphatic hydroxyl groups is 1. The first-order valence-electron chi connectivity index (χ1n) is 7.05. The van der Waals surface area contributed by atoms with Crippen LogP contribution in [0.5, 0.6) is 0 Å². The Labute approximate surface area is 119 Å². The number of hydrogen-bond donors (Lipinski definition) is 2. The summed E-state index contributed by atoms with van der Waals surface area (Å²) in [7, 11) is 1.75. The third-order valence-corrected chi connectivity index (χ3v) is 3.48. The van der Waals surface area contributed by atoms with Gasteiger partial charge in [0, 0.05) is 26.1 Å². The molecule has 1 aliphatic heterocycles. The van der Waals surface area contributed by atoms with Gasteiger partial charge in [0.25, 0.3) is 5.91 Å². The first-order chi connectivity index (χ1) is 9.52. The molecule has 110 valence electrons. The molecule has 2 N–H and O–H groups in total. The number of piperidine rings is 1. The van der Waals surface area contributed by atoms with E-state index in [1.807, 2.05) is 13.8 Å². The molecule has 0 bridgehead atoms. The number of nitrogens with zero attached hydrogens (tertiary/aromatic N) is 3. The number of nitrogens with one attached hydrogen (secondary N) is 1. The third-order valence-electron chi connectivity index (χ3n) is 3.48. The Hall–Kier alpha value is -1.69. The molecule has 6 nitrogen and oxygen atoms in total. The number of likely N-dealkylation sites (tertiary alicyclic amines) is 1. The molecule has 0 saturated carbocycles. The fourth-order valence-electron chi connectivity index (χ4n) is 2.31. The first kappa shape index (κ1) is 14.7. The van der Waals surface area contributed by atoms with Crippen molar-refractivity contribution < 1.29 is 9.90 Å². The molecule has 0 aromatic carbocycles. The van der Waals surface area contributed by atoms with Crippen LogP contribution in [0.3, 0.4) is 0 Å². The minimum atomic E-state index is -0.433. The van der Waals surface area contributed by atoms with E-state index in [-0.39, 0.29) is 11.8 Å². The summed E-state index contributed by atoms with van der Waals surface area (Å²) in [5.74, 6) is 0.682. The van der Waals surface area contributed by atoms with Crippen molar-refractivity contribution in [3.63, 3.8) is 0 Å². The van der Waals surface area contributed by atoms with Gasteiger partial charge in [0.2, 0.25) is 0 Å². The maximum absolute atomic E-state index is 12.6. The van der Waals surface area contributed by atoms with Gasteiger partial charge in [0.1, 0.15) is 5.82 Å². The van der Waals surface area contributed by atoms with Crippen molar-refractivity contribution in [3.8, 4) is 0 Å². The lowest BCUT2D eigenvalue weighted by molar-refractivity contribution is 0.0469. The molecule has 1 aromatic heterocycles. The first-order valence-corrected chi connectivity index (χ1v) is 7.05. The second-order valence-electron chi connectivity index (χ2n) is 5.44. The van der Waals surface area contributed by atoms with Crippen molar-refractivity contribution in [2.24, 2.45) is 0 Å². The molecular weight excluding hydrogens is 256 g/mol. The Kier molecular flexibility index (Phi) is 4.54. The molecule has 1 aliphatic rings. The van der Waals surface area contributed by atoms with E-state index >= 15 is 0 Å². The van der Waals surface area contributed by atoms with Gasteiger partial charge < -0.3 is 15.3 Å². The smallest absolute Gasteiger partial charge is 0.274 e. The van der Waals surface area contributed by atoms with Crippen LogP contribution < -0.4 is 5.32 Å². The molecule has 1 aromatic rings. The number of aromatic nitrogens is 2. The number of β-amino-alcohol motifs (C(OH)–C–C–N with tert-alkyl or cyclic N) is 1. The van der Waals surface area contributed by atoms with Crippen LogP contribution in [0.2, 0.25) is 0 Å². The molecule has 0 spiro atoms. The van der Waals surface area contributed by atoms with Gasteiger partial charge in [-0.3, -0.25) is 4.79 Å². The predicted octanol–water partition coefficient (Wildman–Crippen LogP) is 1.24. The van der Waals surface area contributed by atoms with Crippen LogP contribution in [0.1, 0.15) is 48.9 Å². The maximum atomic E-state index is 12.6. The molecule has 0 radical (unpaired) electrons. The highest BCUT2D eigenvalue weighted by atomic mass is 16.3. The van der Waals surface area contributed by atoms with E-state index in [9.17, 15) is 9.90 Å². The summed E-state index contributed by atoms with van der Waals surface area (Å²) in [6.45, 7) is 5.03. The lowest BCUT2D eigenvalue weighted by atomic mass is 10.1. The summed E-state index contributed by atoms with van der Waals surface area (Å²) >= 11 is 0. The molecular formula is C14H22N4O2. The standard InChI is InChI=1S/C14H22N4O2/c1-9(2)13-16-7-11(15-3)12(17-13)14(20)18-6-4-5-10(19)8-18/h7,9-10,15,19H,4-6,8H2,1-3H3. The summed E-state index contributed by atoms with van der Waals surface area (Å²) in [6, 6.07) is 0. The number of aliphatic hydroxyl groups excluding tert-OH is 1. The summed E-state index contributed by atoms with van der Waals surface area (Å²) in [5, 5.41) is 12.7. The van der Waals surface area contributed by atoms with Crippen LogP contribution in [-0.2, 0) is 0 Å². The van der Waals surface area contributed by atoms with Crippen molar-refractivity contribution >= 4 is 11.6 Å². The Bertz CT molecular complexity index is 490. The Morgan fingerprint density at radius 3 is 2.90 bits per heavy atom. The zero-order valence-electron chi connectivity index (χ0n) is 12.3. The number of hydrogen-bond acceptors (Lipinski definition) is 5. The van der Waals surface area contributed by atoms with Crippen molar-refractivity contribution in [2.45, 2.75) is 38.7 Å². The van der Waals surface area contributed by atoms with Gasteiger partial charge in [-0.25, -0.2) is 9.97 Å².